The lowest BCUT2D eigenvalue weighted by atomic mass is 9.97. The van der Waals surface area contributed by atoms with E-state index < -0.39 is 23.8 Å². The lowest BCUT2D eigenvalue weighted by Crippen LogP contribution is -2.42. The summed E-state index contributed by atoms with van der Waals surface area (Å²) in [6.45, 7) is 5.28. The second-order valence-corrected chi connectivity index (χ2v) is 5.63. The van der Waals surface area contributed by atoms with Crippen molar-refractivity contribution >= 4 is 29.7 Å². The molecule has 26 heavy (non-hydrogen) atoms. The largest absolute Gasteiger partial charge is 0.481 e. The molecule has 2 unspecified atom stereocenters. The molecule has 2 amide bonds. The monoisotopic (exact) mass is 360 g/mol. The molecule has 2 atom stereocenters. The van der Waals surface area contributed by atoms with Gasteiger partial charge in [-0.3, -0.25) is 14.4 Å². The van der Waals surface area contributed by atoms with Crippen molar-refractivity contribution in [1.29, 1.82) is 0 Å². The van der Waals surface area contributed by atoms with Gasteiger partial charge in [0.15, 0.2) is 0 Å². The summed E-state index contributed by atoms with van der Waals surface area (Å²) in [5, 5.41) is 17.8. The Morgan fingerprint density at radius 3 is 2.35 bits per heavy atom. The lowest BCUT2D eigenvalue weighted by molar-refractivity contribution is -0.142. The standard InChI is InChI=1S/C18H24N4O4/c1-3-14(18(25)26)15(4-2)22-17(24)10-9-16(23)21-13-7-5-12(6-8-13)11-20-19/h4-8,11,14-15H,2-3,9-10,19H2,1H3,(H,21,23)(H,22,24)(H,25,26). The number of nitrogens with one attached hydrogen (secondary N) is 2. The van der Waals surface area contributed by atoms with Crippen LogP contribution in [0.2, 0.25) is 0 Å². The first-order valence-electron chi connectivity index (χ1n) is 8.19. The number of carboxylic acid groups (broad SMARTS) is 1. The van der Waals surface area contributed by atoms with Gasteiger partial charge in [-0.1, -0.05) is 25.1 Å². The molecule has 5 N–H and O–H groups in total. The third kappa shape index (κ3) is 6.76. The first kappa shape index (κ1) is 20.9. The van der Waals surface area contributed by atoms with Crippen LogP contribution in [0.25, 0.3) is 0 Å². The van der Waals surface area contributed by atoms with Gasteiger partial charge in [0.25, 0.3) is 0 Å². The second-order valence-electron chi connectivity index (χ2n) is 5.63. The molecular formula is C18H24N4O4. The zero-order chi connectivity index (χ0) is 19.5. The highest BCUT2D eigenvalue weighted by Crippen LogP contribution is 2.12. The molecular weight excluding hydrogens is 336 g/mol. The van der Waals surface area contributed by atoms with Gasteiger partial charge in [-0.2, -0.15) is 5.10 Å². The van der Waals surface area contributed by atoms with Crippen molar-refractivity contribution in [3.8, 4) is 0 Å². The normalized spacial score (nSPS) is 13.0. The van der Waals surface area contributed by atoms with Gasteiger partial charge < -0.3 is 21.6 Å². The van der Waals surface area contributed by atoms with Gasteiger partial charge in [0, 0.05) is 18.5 Å². The minimum absolute atomic E-state index is 0.0223. The van der Waals surface area contributed by atoms with E-state index in [1.165, 1.54) is 12.3 Å². The van der Waals surface area contributed by atoms with Crippen LogP contribution in [0.1, 0.15) is 31.7 Å². The molecule has 0 aliphatic carbocycles. The van der Waals surface area contributed by atoms with Gasteiger partial charge in [0.1, 0.15) is 0 Å². The number of nitrogens with zero attached hydrogens (tertiary/aromatic N) is 1. The Bertz CT molecular complexity index is 670. The molecule has 8 heteroatoms. The summed E-state index contributed by atoms with van der Waals surface area (Å²) in [6, 6.07) is 6.20. The summed E-state index contributed by atoms with van der Waals surface area (Å²) >= 11 is 0. The van der Waals surface area contributed by atoms with Gasteiger partial charge in [-0.15, -0.1) is 6.58 Å². The molecule has 0 fully saturated rings. The Morgan fingerprint density at radius 2 is 1.85 bits per heavy atom. The van der Waals surface area contributed by atoms with Gasteiger partial charge in [-0.25, -0.2) is 0 Å². The molecule has 140 valence electrons. The van der Waals surface area contributed by atoms with Gasteiger partial charge >= 0.3 is 5.97 Å². The Labute approximate surface area is 152 Å². The maximum atomic E-state index is 12.0. The molecule has 0 saturated heterocycles. The van der Waals surface area contributed by atoms with E-state index in [0.29, 0.717) is 12.1 Å². The third-order valence-corrected chi connectivity index (χ3v) is 3.77. The Morgan fingerprint density at radius 1 is 1.23 bits per heavy atom. The van der Waals surface area contributed by atoms with Crippen molar-refractivity contribution < 1.29 is 19.5 Å². The Hall–Kier alpha value is -3.16. The van der Waals surface area contributed by atoms with Crippen molar-refractivity contribution in [2.24, 2.45) is 16.9 Å². The lowest BCUT2D eigenvalue weighted by Gasteiger charge is -2.20. The molecule has 0 saturated carbocycles. The molecule has 0 aliphatic heterocycles. The summed E-state index contributed by atoms with van der Waals surface area (Å²) < 4.78 is 0. The number of nitrogens with two attached hydrogens (primary N) is 1. The predicted molar refractivity (Wildman–Crippen MR) is 99.6 cm³/mol. The average molecular weight is 360 g/mol. The molecule has 0 bridgehead atoms. The number of rotatable bonds is 10. The summed E-state index contributed by atoms with van der Waals surface area (Å²) in [7, 11) is 0. The number of carbonyl (C=O) groups is 3. The number of carboxylic acids is 1. The van der Waals surface area contributed by atoms with Gasteiger partial charge in [0.05, 0.1) is 18.2 Å². The van der Waals surface area contributed by atoms with Crippen LogP contribution < -0.4 is 16.5 Å². The van der Waals surface area contributed by atoms with Crippen LogP contribution in [0.4, 0.5) is 5.69 Å². The Balaban J connectivity index is 2.49. The quantitative estimate of drug-likeness (QED) is 0.217. The fourth-order valence-electron chi connectivity index (χ4n) is 2.35. The summed E-state index contributed by atoms with van der Waals surface area (Å²) in [4.78, 5) is 35.1. The first-order valence-corrected chi connectivity index (χ1v) is 8.19. The summed E-state index contributed by atoms with van der Waals surface area (Å²) in [5.74, 6) is 2.59. The van der Waals surface area contributed by atoms with Crippen molar-refractivity contribution in [3.63, 3.8) is 0 Å². The molecule has 1 aromatic carbocycles. The zero-order valence-electron chi connectivity index (χ0n) is 14.6. The minimum Gasteiger partial charge on any atom is -0.481 e. The summed E-state index contributed by atoms with van der Waals surface area (Å²) in [6.07, 6.45) is 3.16. The van der Waals surface area contributed by atoms with Gasteiger partial charge in [-0.05, 0) is 24.1 Å². The third-order valence-electron chi connectivity index (χ3n) is 3.77. The molecule has 0 aromatic heterocycles. The highest BCUT2D eigenvalue weighted by molar-refractivity contribution is 5.93. The molecule has 0 spiro atoms. The topological polar surface area (TPSA) is 134 Å². The SMILES string of the molecule is C=CC(NC(=O)CCC(=O)Nc1ccc(C=NN)cc1)C(CC)C(=O)O. The smallest absolute Gasteiger partial charge is 0.308 e. The fraction of sp³-hybridized carbons (Fsp3) is 0.333. The number of carbonyl (C=O) groups excluding carboxylic acids is 2. The van der Waals surface area contributed by atoms with E-state index in [1.807, 2.05) is 0 Å². The first-order chi connectivity index (χ1) is 12.4. The van der Waals surface area contributed by atoms with E-state index in [1.54, 1.807) is 31.2 Å². The molecule has 1 rings (SSSR count). The van der Waals surface area contributed by atoms with E-state index in [-0.39, 0.29) is 18.7 Å². The van der Waals surface area contributed by atoms with E-state index in [0.717, 1.165) is 5.56 Å². The predicted octanol–water partition coefficient (Wildman–Crippen LogP) is 1.48. The highest BCUT2D eigenvalue weighted by atomic mass is 16.4. The highest BCUT2D eigenvalue weighted by Gasteiger charge is 2.25. The number of hydrogen-bond donors (Lipinski definition) is 4. The maximum absolute atomic E-state index is 12.0. The van der Waals surface area contributed by atoms with E-state index in [9.17, 15) is 14.4 Å². The number of amides is 2. The van der Waals surface area contributed by atoms with Crippen molar-refractivity contribution in [2.45, 2.75) is 32.2 Å². The van der Waals surface area contributed by atoms with Crippen LogP contribution in [0.15, 0.2) is 42.0 Å². The maximum Gasteiger partial charge on any atom is 0.308 e. The van der Waals surface area contributed by atoms with E-state index in [2.05, 4.69) is 22.3 Å². The van der Waals surface area contributed by atoms with E-state index >= 15 is 0 Å². The molecule has 0 aliphatic rings. The van der Waals surface area contributed by atoms with Crippen LogP contribution in [0, 0.1) is 5.92 Å². The van der Waals surface area contributed by atoms with Crippen LogP contribution in [0.3, 0.4) is 0 Å². The summed E-state index contributed by atoms with van der Waals surface area (Å²) in [5.41, 5.74) is 1.38. The van der Waals surface area contributed by atoms with Crippen molar-refractivity contribution in [3.05, 3.63) is 42.5 Å². The minimum atomic E-state index is -1.00. The fourth-order valence-corrected chi connectivity index (χ4v) is 2.35. The zero-order valence-corrected chi connectivity index (χ0v) is 14.6. The van der Waals surface area contributed by atoms with Crippen LogP contribution in [-0.4, -0.2) is 35.1 Å². The van der Waals surface area contributed by atoms with Crippen LogP contribution >= 0.6 is 0 Å². The van der Waals surface area contributed by atoms with E-state index in [4.69, 9.17) is 10.9 Å². The van der Waals surface area contributed by atoms with Crippen LogP contribution in [0.5, 0.6) is 0 Å². The number of hydrazone groups is 1. The van der Waals surface area contributed by atoms with Crippen molar-refractivity contribution in [2.75, 3.05) is 5.32 Å². The number of aliphatic carboxylic acids is 1. The Kier molecular flexibility index (Phi) is 8.56. The number of hydrogen-bond acceptors (Lipinski definition) is 5. The number of benzene rings is 1. The molecule has 0 heterocycles. The molecule has 1 aromatic rings. The van der Waals surface area contributed by atoms with Crippen LogP contribution in [-0.2, 0) is 14.4 Å². The second kappa shape index (κ2) is 10.7. The number of anilines is 1. The molecule has 0 radical (unpaired) electrons. The van der Waals surface area contributed by atoms with Crippen molar-refractivity contribution in [1.82, 2.24) is 5.32 Å². The average Bonchev–Trinajstić information content (AvgIpc) is 2.61. The molecule has 8 nitrogen and oxygen atoms in total. The van der Waals surface area contributed by atoms with Gasteiger partial charge in [0.2, 0.25) is 11.8 Å².